The van der Waals surface area contributed by atoms with Crippen molar-refractivity contribution in [3.63, 3.8) is 0 Å². The molecule has 8 aromatic heterocycles. The summed E-state index contributed by atoms with van der Waals surface area (Å²) in [5.74, 6) is 0. The number of nitrogens with zero attached hydrogens (tertiary/aromatic N) is 8. The molecule has 0 aliphatic rings. The van der Waals surface area contributed by atoms with Gasteiger partial charge in [-0.3, -0.25) is 19.9 Å². The second-order valence-corrected chi connectivity index (χ2v) is 22.9. The number of hydrogen-bond donors (Lipinski definition) is 0. The second kappa shape index (κ2) is 19.2. The Balaban J connectivity index is 1.01. The molecular weight excluding hydrogens is 957 g/mol. The predicted octanol–water partition coefficient (Wildman–Crippen LogP) is 12.8. The minimum Gasteiger partial charge on any atom is -0.255 e. The summed E-state index contributed by atoms with van der Waals surface area (Å²) in [6, 6.07) is 85.7. The van der Waals surface area contributed by atoms with Gasteiger partial charge in [-0.25, -0.2) is 19.9 Å². The lowest BCUT2D eigenvalue weighted by molar-refractivity contribution is 1.26. The molecule has 77 heavy (non-hydrogen) atoms. The van der Waals surface area contributed by atoms with Crippen molar-refractivity contribution in [1.82, 2.24) is 39.9 Å². The van der Waals surface area contributed by atoms with E-state index in [2.05, 4.69) is 168 Å². The average molecular weight is 1000 g/mol. The molecule has 0 atom stereocenters. The van der Waals surface area contributed by atoms with Crippen LogP contribution < -0.4 is 20.7 Å². The molecule has 8 nitrogen and oxygen atoms in total. The second-order valence-electron chi connectivity index (χ2n) is 19.1. The van der Waals surface area contributed by atoms with Gasteiger partial charge in [0, 0.05) is 46.3 Å². The van der Waals surface area contributed by atoms with Crippen LogP contribution >= 0.6 is 0 Å². The summed E-state index contributed by atoms with van der Waals surface area (Å²) in [5, 5.41) is 8.97. The average Bonchev–Trinajstić information content (AvgIpc) is 3.59. The zero-order valence-electron chi connectivity index (χ0n) is 41.5. The van der Waals surface area contributed by atoms with Crippen molar-refractivity contribution >= 4 is 72.4 Å². The maximum atomic E-state index is 5.38. The zero-order valence-corrected chi connectivity index (χ0v) is 42.5. The molecule has 6 aromatic carbocycles. The Morgan fingerprint density at radius 1 is 0.234 bits per heavy atom. The van der Waals surface area contributed by atoms with E-state index < -0.39 is 8.07 Å². The highest BCUT2D eigenvalue weighted by atomic mass is 28.3. The summed E-state index contributed by atoms with van der Waals surface area (Å²) >= 11 is 0. The van der Waals surface area contributed by atoms with Crippen LogP contribution in [0, 0.1) is 0 Å². The van der Waals surface area contributed by atoms with Crippen molar-refractivity contribution in [2.45, 2.75) is 0 Å². The van der Waals surface area contributed by atoms with Gasteiger partial charge in [-0.05, 0) is 116 Å². The Hall–Kier alpha value is -10.2. The standard InChI is InChI=1S/C68H44N8Si/c1-3-19-49(20-4-1)77(50-21-5-2-6-22-50,51-23-15-17-47(41-51)55-43-63(59-27-9-13-39-71-59)75-67-53(55)33-29-45-31-35-61(73-65(45)67)57-25-7-11-37-69-57)52-24-16-18-48(42-52)56-44-64(60-28-10-14-40-72-60)76-68-54(56)34-30-46-32-36-62(74-66(46)68)58-26-8-12-38-70-58/h1-44H. The van der Waals surface area contributed by atoms with Gasteiger partial charge in [0.1, 0.15) is 0 Å². The molecule has 360 valence electrons. The van der Waals surface area contributed by atoms with Crippen LogP contribution in [0.3, 0.4) is 0 Å². The Morgan fingerprint density at radius 2 is 0.584 bits per heavy atom. The van der Waals surface area contributed by atoms with E-state index in [0.717, 1.165) is 111 Å². The van der Waals surface area contributed by atoms with E-state index >= 15 is 0 Å². The minimum absolute atomic E-state index is 0.768. The van der Waals surface area contributed by atoms with Gasteiger partial charge in [-0.15, -0.1) is 0 Å². The Bertz CT molecular complexity index is 4200. The molecule has 0 saturated carbocycles. The molecule has 8 heterocycles. The smallest absolute Gasteiger partial charge is 0.179 e. The van der Waals surface area contributed by atoms with Crippen LogP contribution in [0.2, 0.25) is 0 Å². The van der Waals surface area contributed by atoms with Gasteiger partial charge in [0.05, 0.1) is 67.6 Å². The summed E-state index contributed by atoms with van der Waals surface area (Å²) in [6.07, 6.45) is 7.25. The van der Waals surface area contributed by atoms with Gasteiger partial charge in [0.2, 0.25) is 0 Å². The molecule has 0 spiro atoms. The van der Waals surface area contributed by atoms with E-state index in [1.54, 1.807) is 12.4 Å². The number of rotatable bonds is 10. The first-order valence-corrected chi connectivity index (χ1v) is 27.6. The number of aromatic nitrogens is 8. The maximum Gasteiger partial charge on any atom is 0.179 e. The van der Waals surface area contributed by atoms with Crippen molar-refractivity contribution in [2.24, 2.45) is 0 Å². The Morgan fingerprint density at radius 3 is 0.974 bits per heavy atom. The molecule has 0 saturated heterocycles. The first-order chi connectivity index (χ1) is 38.2. The van der Waals surface area contributed by atoms with Crippen molar-refractivity contribution in [2.75, 3.05) is 0 Å². The van der Waals surface area contributed by atoms with E-state index in [0.29, 0.717) is 0 Å². The molecule has 14 rings (SSSR count). The highest BCUT2D eigenvalue weighted by Gasteiger charge is 2.42. The molecule has 0 N–H and O–H groups in total. The van der Waals surface area contributed by atoms with Gasteiger partial charge < -0.3 is 0 Å². The molecule has 0 fully saturated rings. The largest absolute Gasteiger partial charge is 0.255 e. The monoisotopic (exact) mass is 1000 g/mol. The fourth-order valence-corrected chi connectivity index (χ4v) is 15.9. The summed E-state index contributed by atoms with van der Waals surface area (Å²) < 4.78 is 0. The maximum absolute atomic E-state index is 5.38. The third kappa shape index (κ3) is 8.10. The molecule has 0 bridgehead atoms. The van der Waals surface area contributed by atoms with Crippen molar-refractivity contribution in [3.05, 3.63) is 267 Å². The van der Waals surface area contributed by atoms with Crippen molar-refractivity contribution in [3.8, 4) is 67.8 Å². The highest BCUT2D eigenvalue weighted by Crippen LogP contribution is 2.38. The van der Waals surface area contributed by atoms with Gasteiger partial charge in [0.25, 0.3) is 0 Å². The topological polar surface area (TPSA) is 103 Å². The fraction of sp³-hybridized carbons (Fsp3) is 0. The SMILES string of the molecule is c1ccc([Si](c2ccccc2)(c2cccc(-c3cc(-c4ccccn4)nc4c3ccc3ccc(-c5ccccn5)nc34)c2)c2cccc(-c3cc(-c4ccccn4)nc4c3ccc3ccc(-c5ccccn5)nc34)c2)cc1. The van der Waals surface area contributed by atoms with E-state index in [9.17, 15) is 0 Å². The molecule has 0 aliphatic heterocycles. The highest BCUT2D eigenvalue weighted by molar-refractivity contribution is 7.20. The Kier molecular flexibility index (Phi) is 11.3. The fourth-order valence-electron chi connectivity index (χ4n) is 11.0. The van der Waals surface area contributed by atoms with Crippen LogP contribution in [0.4, 0.5) is 0 Å². The van der Waals surface area contributed by atoms with Gasteiger partial charge in [0.15, 0.2) is 8.07 Å². The van der Waals surface area contributed by atoms with Crippen molar-refractivity contribution in [1.29, 1.82) is 0 Å². The van der Waals surface area contributed by atoms with E-state index in [4.69, 9.17) is 29.9 Å². The number of pyridine rings is 8. The lowest BCUT2D eigenvalue weighted by Gasteiger charge is -2.35. The van der Waals surface area contributed by atoms with Gasteiger partial charge >= 0.3 is 0 Å². The van der Waals surface area contributed by atoms with E-state index in [1.807, 2.05) is 97.3 Å². The molecule has 9 heteroatoms. The third-order valence-electron chi connectivity index (χ3n) is 14.6. The van der Waals surface area contributed by atoms with Crippen LogP contribution in [0.5, 0.6) is 0 Å². The summed E-state index contributed by atoms with van der Waals surface area (Å²) in [4.78, 5) is 40.2. The quantitative estimate of drug-likeness (QED) is 0.0758. The number of hydrogen-bond acceptors (Lipinski definition) is 8. The zero-order chi connectivity index (χ0) is 51.1. The van der Waals surface area contributed by atoms with Crippen LogP contribution in [0.15, 0.2) is 267 Å². The summed E-state index contributed by atoms with van der Waals surface area (Å²) in [7, 11) is -3.19. The first-order valence-electron chi connectivity index (χ1n) is 25.6. The molecule has 14 aromatic rings. The van der Waals surface area contributed by atoms with Gasteiger partial charge in [-0.2, -0.15) is 0 Å². The summed E-state index contributed by atoms with van der Waals surface area (Å²) in [5.41, 5.74) is 13.7. The van der Waals surface area contributed by atoms with Gasteiger partial charge in [-0.1, -0.05) is 170 Å². The van der Waals surface area contributed by atoms with Crippen LogP contribution in [-0.2, 0) is 0 Å². The van der Waals surface area contributed by atoms with E-state index in [1.165, 1.54) is 20.7 Å². The predicted molar refractivity (Wildman–Crippen MR) is 315 cm³/mol. The summed E-state index contributed by atoms with van der Waals surface area (Å²) in [6.45, 7) is 0. The number of fused-ring (bicyclic) bond motifs is 6. The lowest BCUT2D eigenvalue weighted by Crippen LogP contribution is -2.74. The van der Waals surface area contributed by atoms with E-state index in [-0.39, 0.29) is 0 Å². The molecule has 0 aliphatic carbocycles. The van der Waals surface area contributed by atoms with Crippen LogP contribution in [0.25, 0.3) is 111 Å². The molecule has 0 radical (unpaired) electrons. The lowest BCUT2D eigenvalue weighted by atomic mass is 9.97. The van der Waals surface area contributed by atoms with Crippen molar-refractivity contribution < 1.29 is 0 Å². The molecule has 0 amide bonds. The Labute approximate surface area is 445 Å². The first kappa shape index (κ1) is 45.4. The van der Waals surface area contributed by atoms with Crippen LogP contribution in [0.1, 0.15) is 0 Å². The third-order valence-corrected chi connectivity index (χ3v) is 19.4. The number of benzene rings is 6. The normalized spacial score (nSPS) is 11.6. The molecular formula is C68H44N8Si. The minimum atomic E-state index is -3.19. The van der Waals surface area contributed by atoms with Crippen LogP contribution in [-0.4, -0.2) is 47.9 Å². The molecule has 0 unspecified atom stereocenters.